The zero-order valence-corrected chi connectivity index (χ0v) is 14.9. The third-order valence-corrected chi connectivity index (χ3v) is 5.10. The van der Waals surface area contributed by atoms with E-state index in [2.05, 4.69) is 62.1 Å². The fourth-order valence-corrected chi connectivity index (χ4v) is 3.73. The quantitative estimate of drug-likeness (QED) is 0.586. The largest absolute Gasteiger partial charge is 0.362 e. The summed E-state index contributed by atoms with van der Waals surface area (Å²) in [7, 11) is 0. The summed E-state index contributed by atoms with van der Waals surface area (Å²) in [5.74, 6) is 1.71. The molecule has 0 unspecified atom stereocenters. The molecule has 0 radical (unpaired) electrons. The number of thiophene rings is 1. The molecule has 0 aliphatic rings. The zero-order chi connectivity index (χ0) is 17.2. The number of rotatable bonds is 5. The van der Waals surface area contributed by atoms with Gasteiger partial charge >= 0.3 is 0 Å². The number of hydrogen-bond donors (Lipinski definition) is 1. The van der Waals surface area contributed by atoms with Crippen molar-refractivity contribution in [3.8, 4) is 10.4 Å². The molecular weight excluding hydrogens is 332 g/mol. The molecule has 0 atom stereocenters. The van der Waals surface area contributed by atoms with Gasteiger partial charge in [0.2, 0.25) is 0 Å². The molecule has 1 aromatic carbocycles. The first-order valence-electron chi connectivity index (χ1n) is 8.14. The second-order valence-electron chi connectivity index (χ2n) is 6.02. The first kappa shape index (κ1) is 15.7. The highest BCUT2D eigenvalue weighted by molar-refractivity contribution is 7.21. The van der Waals surface area contributed by atoms with Crippen LogP contribution in [0.3, 0.4) is 0 Å². The van der Waals surface area contributed by atoms with Gasteiger partial charge in [0.1, 0.15) is 23.3 Å². The Morgan fingerprint density at radius 1 is 1.16 bits per heavy atom. The Bertz CT molecular complexity index is 989. The Balaban J connectivity index is 1.64. The number of hydrogen-bond acceptors (Lipinski definition) is 6. The number of anilines is 1. The van der Waals surface area contributed by atoms with Crippen molar-refractivity contribution in [3.63, 3.8) is 0 Å². The summed E-state index contributed by atoms with van der Waals surface area (Å²) in [6.45, 7) is 4.79. The van der Waals surface area contributed by atoms with Gasteiger partial charge < -0.3 is 9.88 Å². The second-order valence-corrected chi connectivity index (χ2v) is 7.05. The van der Waals surface area contributed by atoms with E-state index in [1.807, 2.05) is 18.2 Å². The van der Waals surface area contributed by atoms with Gasteiger partial charge in [-0.1, -0.05) is 30.3 Å². The van der Waals surface area contributed by atoms with Crippen LogP contribution in [0.25, 0.3) is 20.7 Å². The number of fused-ring (bicyclic) bond motifs is 1. The maximum Gasteiger partial charge on any atom is 0.152 e. The van der Waals surface area contributed by atoms with Crippen molar-refractivity contribution in [2.45, 2.75) is 26.4 Å². The van der Waals surface area contributed by atoms with Gasteiger partial charge in [-0.05, 0) is 25.5 Å². The first-order chi connectivity index (χ1) is 12.2. The molecule has 0 aliphatic carbocycles. The fourth-order valence-electron chi connectivity index (χ4n) is 2.73. The summed E-state index contributed by atoms with van der Waals surface area (Å²) < 4.78 is 2.05. The Morgan fingerprint density at radius 2 is 2.00 bits per heavy atom. The molecule has 3 heterocycles. The number of nitrogens with one attached hydrogen (secondary N) is 1. The van der Waals surface area contributed by atoms with Crippen molar-refractivity contribution in [2.75, 3.05) is 5.32 Å². The Morgan fingerprint density at radius 3 is 2.80 bits per heavy atom. The van der Waals surface area contributed by atoms with Gasteiger partial charge in [0.05, 0.1) is 11.9 Å². The SMILES string of the molecule is CC(C)n1cnnc1CNc1ncnc2sc(-c3ccccc3)cc12. The molecule has 25 heavy (non-hydrogen) atoms. The third-order valence-electron chi connectivity index (χ3n) is 4.01. The minimum absolute atomic E-state index is 0.322. The van der Waals surface area contributed by atoms with E-state index in [0.29, 0.717) is 12.6 Å². The van der Waals surface area contributed by atoms with Crippen LogP contribution in [-0.4, -0.2) is 24.7 Å². The Kier molecular flexibility index (Phi) is 4.15. The van der Waals surface area contributed by atoms with Crippen LogP contribution in [0.15, 0.2) is 49.1 Å². The zero-order valence-electron chi connectivity index (χ0n) is 14.0. The molecule has 0 spiro atoms. The van der Waals surface area contributed by atoms with Gasteiger partial charge in [-0.3, -0.25) is 0 Å². The molecule has 4 aromatic rings. The molecule has 0 saturated heterocycles. The maximum atomic E-state index is 4.41. The Hall–Kier alpha value is -2.80. The monoisotopic (exact) mass is 350 g/mol. The second kappa shape index (κ2) is 6.60. The molecule has 0 amide bonds. The van der Waals surface area contributed by atoms with Crippen LogP contribution in [0, 0.1) is 0 Å². The molecule has 0 saturated carbocycles. The van der Waals surface area contributed by atoms with E-state index >= 15 is 0 Å². The summed E-state index contributed by atoms with van der Waals surface area (Å²) in [4.78, 5) is 11.0. The molecule has 3 aromatic heterocycles. The normalized spacial score (nSPS) is 11.3. The molecule has 4 rings (SSSR count). The highest BCUT2D eigenvalue weighted by atomic mass is 32.1. The van der Waals surface area contributed by atoms with Crippen LogP contribution in [0.1, 0.15) is 25.7 Å². The van der Waals surface area contributed by atoms with E-state index in [1.165, 1.54) is 10.4 Å². The molecule has 1 N–H and O–H groups in total. The lowest BCUT2D eigenvalue weighted by Gasteiger charge is -2.11. The maximum absolute atomic E-state index is 4.41. The molecule has 0 bridgehead atoms. The van der Waals surface area contributed by atoms with E-state index < -0.39 is 0 Å². The molecule has 0 aliphatic heterocycles. The third kappa shape index (κ3) is 3.10. The number of benzene rings is 1. The van der Waals surface area contributed by atoms with E-state index in [0.717, 1.165) is 21.9 Å². The summed E-state index contributed by atoms with van der Waals surface area (Å²) in [5, 5.41) is 12.6. The summed E-state index contributed by atoms with van der Waals surface area (Å²) in [5.41, 5.74) is 1.19. The van der Waals surface area contributed by atoms with Gasteiger partial charge in [0.15, 0.2) is 5.82 Å². The molecule has 126 valence electrons. The van der Waals surface area contributed by atoms with Gasteiger partial charge in [-0.25, -0.2) is 9.97 Å². The van der Waals surface area contributed by atoms with Gasteiger partial charge in [-0.2, -0.15) is 0 Å². The first-order valence-corrected chi connectivity index (χ1v) is 8.96. The van der Waals surface area contributed by atoms with Gasteiger partial charge in [0, 0.05) is 10.9 Å². The van der Waals surface area contributed by atoms with Crippen LogP contribution in [-0.2, 0) is 6.54 Å². The predicted octanol–water partition coefficient (Wildman–Crippen LogP) is 4.14. The molecule has 0 fully saturated rings. The fraction of sp³-hybridized carbons (Fsp3) is 0.222. The topological polar surface area (TPSA) is 68.5 Å². The highest BCUT2D eigenvalue weighted by Gasteiger charge is 2.12. The minimum Gasteiger partial charge on any atom is -0.362 e. The lowest BCUT2D eigenvalue weighted by molar-refractivity contribution is 0.572. The van der Waals surface area contributed by atoms with Crippen LogP contribution < -0.4 is 5.32 Å². The lowest BCUT2D eigenvalue weighted by atomic mass is 10.2. The summed E-state index contributed by atoms with van der Waals surface area (Å²) in [6.07, 6.45) is 3.36. The van der Waals surface area contributed by atoms with Crippen molar-refractivity contribution >= 4 is 27.4 Å². The van der Waals surface area contributed by atoms with Gasteiger partial charge in [-0.15, -0.1) is 21.5 Å². The van der Waals surface area contributed by atoms with Crippen molar-refractivity contribution in [1.82, 2.24) is 24.7 Å². The van der Waals surface area contributed by atoms with Crippen LogP contribution >= 0.6 is 11.3 Å². The van der Waals surface area contributed by atoms with Crippen molar-refractivity contribution in [2.24, 2.45) is 0 Å². The molecule has 7 heteroatoms. The van der Waals surface area contributed by atoms with Crippen LogP contribution in [0.4, 0.5) is 5.82 Å². The van der Waals surface area contributed by atoms with Crippen molar-refractivity contribution < 1.29 is 0 Å². The van der Waals surface area contributed by atoms with E-state index in [4.69, 9.17) is 0 Å². The van der Waals surface area contributed by atoms with E-state index in [-0.39, 0.29) is 0 Å². The van der Waals surface area contributed by atoms with Crippen LogP contribution in [0.5, 0.6) is 0 Å². The summed E-state index contributed by atoms with van der Waals surface area (Å²) >= 11 is 1.67. The number of nitrogens with zero attached hydrogens (tertiary/aromatic N) is 5. The minimum atomic E-state index is 0.322. The standard InChI is InChI=1S/C18H18N6S/c1-12(2)24-11-22-23-16(24)9-19-17-14-8-15(13-6-4-3-5-7-13)25-18(14)21-10-20-17/h3-8,10-12H,9H2,1-2H3,(H,19,20,21). The van der Waals surface area contributed by atoms with E-state index in [1.54, 1.807) is 24.0 Å². The van der Waals surface area contributed by atoms with Gasteiger partial charge in [0.25, 0.3) is 0 Å². The number of aromatic nitrogens is 5. The average Bonchev–Trinajstić information content (AvgIpc) is 3.27. The predicted molar refractivity (Wildman–Crippen MR) is 101 cm³/mol. The average molecular weight is 350 g/mol. The smallest absolute Gasteiger partial charge is 0.152 e. The lowest BCUT2D eigenvalue weighted by Crippen LogP contribution is -2.10. The Labute approximate surface area is 149 Å². The summed E-state index contributed by atoms with van der Waals surface area (Å²) in [6, 6.07) is 12.8. The molecule has 6 nitrogen and oxygen atoms in total. The molecular formula is C18H18N6S. The van der Waals surface area contributed by atoms with Crippen molar-refractivity contribution in [1.29, 1.82) is 0 Å². The highest BCUT2D eigenvalue weighted by Crippen LogP contribution is 2.34. The van der Waals surface area contributed by atoms with Crippen LogP contribution in [0.2, 0.25) is 0 Å². The van der Waals surface area contributed by atoms with Crippen molar-refractivity contribution in [3.05, 3.63) is 54.9 Å². The van der Waals surface area contributed by atoms with E-state index in [9.17, 15) is 0 Å².